The fraction of sp³-hybridized carbons (Fsp3) is 0.500. The molecule has 0 bridgehead atoms. The van der Waals surface area contributed by atoms with Crippen molar-refractivity contribution in [1.82, 2.24) is 24.8 Å². The summed E-state index contributed by atoms with van der Waals surface area (Å²) < 4.78 is 11.4. The van der Waals surface area contributed by atoms with Gasteiger partial charge in [-0.05, 0) is 26.6 Å². The summed E-state index contributed by atoms with van der Waals surface area (Å²) in [5.74, 6) is 1.48. The zero-order chi connectivity index (χ0) is 17.6. The fourth-order valence-electron chi connectivity index (χ4n) is 3.01. The number of ether oxygens (including phenoxy) is 2. The van der Waals surface area contributed by atoms with Crippen molar-refractivity contribution in [2.45, 2.75) is 25.6 Å². The largest absolute Gasteiger partial charge is 0.489 e. The average molecular weight is 343 g/mol. The van der Waals surface area contributed by atoms with E-state index >= 15 is 0 Å². The van der Waals surface area contributed by atoms with Gasteiger partial charge in [-0.1, -0.05) is 0 Å². The third-order valence-electron chi connectivity index (χ3n) is 4.10. The lowest BCUT2D eigenvalue weighted by Crippen LogP contribution is -2.25. The highest BCUT2D eigenvalue weighted by Gasteiger charge is 2.25. The van der Waals surface area contributed by atoms with Crippen LogP contribution in [0.2, 0.25) is 0 Å². The molecule has 2 aromatic rings. The van der Waals surface area contributed by atoms with E-state index in [2.05, 4.69) is 24.8 Å². The molecule has 1 saturated heterocycles. The van der Waals surface area contributed by atoms with E-state index in [0.717, 1.165) is 49.7 Å². The summed E-state index contributed by atoms with van der Waals surface area (Å²) in [6, 6.07) is 3.95. The standard InChI is InChI=1S/C18H25N5O2/c1-22(2)11-14-10-15(4-6-19-14)25-16-5-9-23(12-16)13-17-18(24-3)21-8-7-20-17/h4,6-8,10,16H,5,9,11-13H2,1-3H3. The van der Waals surface area contributed by atoms with Gasteiger partial charge in [0.05, 0.1) is 12.8 Å². The summed E-state index contributed by atoms with van der Waals surface area (Å²) in [5, 5.41) is 0. The Labute approximate surface area is 148 Å². The minimum Gasteiger partial charge on any atom is -0.489 e. The quantitative estimate of drug-likeness (QED) is 0.756. The van der Waals surface area contributed by atoms with Gasteiger partial charge in [-0.2, -0.15) is 0 Å². The molecule has 1 unspecified atom stereocenters. The first-order valence-electron chi connectivity index (χ1n) is 8.46. The number of nitrogens with zero attached hydrogens (tertiary/aromatic N) is 5. The molecule has 1 atom stereocenters. The van der Waals surface area contributed by atoms with Crippen LogP contribution in [0.1, 0.15) is 17.8 Å². The molecule has 7 heteroatoms. The Morgan fingerprint density at radius 2 is 2.04 bits per heavy atom. The molecule has 3 heterocycles. The van der Waals surface area contributed by atoms with E-state index in [0.29, 0.717) is 5.88 Å². The van der Waals surface area contributed by atoms with Crippen LogP contribution in [-0.2, 0) is 13.1 Å². The summed E-state index contributed by atoms with van der Waals surface area (Å²) in [5.41, 5.74) is 1.88. The molecule has 0 saturated carbocycles. The molecule has 1 fully saturated rings. The van der Waals surface area contributed by atoms with Gasteiger partial charge in [-0.25, -0.2) is 4.98 Å². The van der Waals surface area contributed by atoms with E-state index in [1.807, 2.05) is 32.4 Å². The summed E-state index contributed by atoms with van der Waals surface area (Å²) in [7, 11) is 5.69. The van der Waals surface area contributed by atoms with Crippen molar-refractivity contribution in [3.8, 4) is 11.6 Å². The van der Waals surface area contributed by atoms with E-state index < -0.39 is 0 Å². The van der Waals surface area contributed by atoms with Crippen LogP contribution in [0.4, 0.5) is 0 Å². The summed E-state index contributed by atoms with van der Waals surface area (Å²) in [6.45, 7) is 3.37. The normalized spacial score (nSPS) is 17.8. The number of aromatic nitrogens is 3. The smallest absolute Gasteiger partial charge is 0.236 e. The molecule has 0 amide bonds. The Balaban J connectivity index is 1.56. The number of methoxy groups -OCH3 is 1. The first kappa shape index (κ1) is 17.6. The zero-order valence-electron chi connectivity index (χ0n) is 15.1. The van der Waals surface area contributed by atoms with E-state index in [1.165, 1.54) is 0 Å². The molecular weight excluding hydrogens is 318 g/mol. The topological polar surface area (TPSA) is 63.6 Å². The third kappa shape index (κ3) is 4.87. The Morgan fingerprint density at radius 1 is 1.20 bits per heavy atom. The zero-order valence-corrected chi connectivity index (χ0v) is 15.1. The maximum Gasteiger partial charge on any atom is 0.236 e. The molecule has 0 aromatic carbocycles. The molecule has 0 spiro atoms. The second-order valence-electron chi connectivity index (χ2n) is 6.50. The highest BCUT2D eigenvalue weighted by atomic mass is 16.5. The van der Waals surface area contributed by atoms with Crippen LogP contribution >= 0.6 is 0 Å². The SMILES string of the molecule is COc1nccnc1CN1CCC(Oc2ccnc(CN(C)C)c2)C1. The molecule has 0 aliphatic carbocycles. The Kier molecular flexibility index (Phi) is 5.78. The predicted octanol–water partition coefficient (Wildman–Crippen LogP) is 1.60. The lowest BCUT2D eigenvalue weighted by Gasteiger charge is -2.17. The van der Waals surface area contributed by atoms with Gasteiger partial charge in [0.1, 0.15) is 17.5 Å². The maximum absolute atomic E-state index is 6.15. The van der Waals surface area contributed by atoms with E-state index in [4.69, 9.17) is 9.47 Å². The second kappa shape index (κ2) is 8.22. The number of rotatable bonds is 7. The van der Waals surface area contributed by atoms with Crippen molar-refractivity contribution >= 4 is 0 Å². The van der Waals surface area contributed by atoms with Crippen molar-refractivity contribution < 1.29 is 9.47 Å². The number of hydrogen-bond acceptors (Lipinski definition) is 7. The maximum atomic E-state index is 6.15. The van der Waals surface area contributed by atoms with Crippen LogP contribution in [0.3, 0.4) is 0 Å². The molecule has 1 aliphatic rings. The Morgan fingerprint density at radius 3 is 2.84 bits per heavy atom. The van der Waals surface area contributed by atoms with Crippen LogP contribution in [0.5, 0.6) is 11.6 Å². The average Bonchev–Trinajstić information content (AvgIpc) is 3.02. The van der Waals surface area contributed by atoms with Gasteiger partial charge in [0, 0.05) is 50.8 Å². The fourth-order valence-corrected chi connectivity index (χ4v) is 3.01. The van der Waals surface area contributed by atoms with Crippen LogP contribution in [0.15, 0.2) is 30.7 Å². The van der Waals surface area contributed by atoms with E-state index in [9.17, 15) is 0 Å². The van der Waals surface area contributed by atoms with Crippen LogP contribution in [-0.4, -0.2) is 65.2 Å². The first-order valence-corrected chi connectivity index (χ1v) is 8.46. The Bertz CT molecular complexity index is 695. The molecule has 0 N–H and O–H groups in total. The minimum absolute atomic E-state index is 0.178. The van der Waals surface area contributed by atoms with Crippen LogP contribution < -0.4 is 9.47 Å². The number of likely N-dealkylation sites (tertiary alicyclic amines) is 1. The van der Waals surface area contributed by atoms with Gasteiger partial charge in [-0.3, -0.25) is 14.9 Å². The summed E-state index contributed by atoms with van der Waals surface area (Å²) in [4.78, 5) is 17.4. The van der Waals surface area contributed by atoms with Gasteiger partial charge in [0.15, 0.2) is 0 Å². The highest BCUT2D eigenvalue weighted by Crippen LogP contribution is 2.21. The monoisotopic (exact) mass is 343 g/mol. The molecule has 0 radical (unpaired) electrons. The van der Waals surface area contributed by atoms with Crippen molar-refractivity contribution in [3.63, 3.8) is 0 Å². The van der Waals surface area contributed by atoms with Crippen molar-refractivity contribution in [2.75, 3.05) is 34.3 Å². The molecule has 7 nitrogen and oxygen atoms in total. The van der Waals surface area contributed by atoms with Gasteiger partial charge in [0.25, 0.3) is 0 Å². The van der Waals surface area contributed by atoms with E-state index in [-0.39, 0.29) is 6.10 Å². The van der Waals surface area contributed by atoms with E-state index in [1.54, 1.807) is 19.5 Å². The van der Waals surface area contributed by atoms with Gasteiger partial charge in [0.2, 0.25) is 5.88 Å². The second-order valence-corrected chi connectivity index (χ2v) is 6.50. The lowest BCUT2D eigenvalue weighted by atomic mass is 10.3. The van der Waals surface area contributed by atoms with Crippen molar-refractivity contribution in [2.24, 2.45) is 0 Å². The van der Waals surface area contributed by atoms with Gasteiger partial charge in [-0.15, -0.1) is 0 Å². The Hall–Kier alpha value is -2.25. The lowest BCUT2D eigenvalue weighted by molar-refractivity contribution is 0.196. The molecule has 3 rings (SSSR count). The molecule has 2 aromatic heterocycles. The summed E-state index contributed by atoms with van der Waals surface area (Å²) >= 11 is 0. The predicted molar refractivity (Wildman–Crippen MR) is 94.5 cm³/mol. The third-order valence-corrected chi connectivity index (χ3v) is 4.10. The minimum atomic E-state index is 0.178. The molecule has 1 aliphatic heterocycles. The van der Waals surface area contributed by atoms with Gasteiger partial charge < -0.3 is 14.4 Å². The molecule has 25 heavy (non-hydrogen) atoms. The summed E-state index contributed by atoms with van der Waals surface area (Å²) in [6.07, 6.45) is 6.33. The molecular formula is C18H25N5O2. The highest BCUT2D eigenvalue weighted by molar-refractivity contribution is 5.23. The van der Waals surface area contributed by atoms with Crippen molar-refractivity contribution in [3.05, 3.63) is 42.1 Å². The number of pyridine rings is 1. The van der Waals surface area contributed by atoms with Crippen molar-refractivity contribution in [1.29, 1.82) is 0 Å². The molecule has 134 valence electrons. The number of hydrogen-bond donors (Lipinski definition) is 0. The van der Waals surface area contributed by atoms with Gasteiger partial charge >= 0.3 is 0 Å². The van der Waals surface area contributed by atoms with Crippen LogP contribution in [0, 0.1) is 0 Å². The van der Waals surface area contributed by atoms with Crippen LogP contribution in [0.25, 0.3) is 0 Å². The first-order chi connectivity index (χ1) is 12.1.